The van der Waals surface area contributed by atoms with Crippen LogP contribution in [0, 0.1) is 6.92 Å². The summed E-state index contributed by atoms with van der Waals surface area (Å²) in [6.45, 7) is 1.98. The molecule has 1 N–H and O–H groups in total. The van der Waals surface area contributed by atoms with Crippen molar-refractivity contribution in [2.45, 2.75) is 18.6 Å². The van der Waals surface area contributed by atoms with E-state index in [-0.39, 0.29) is 29.9 Å². The van der Waals surface area contributed by atoms with Crippen molar-refractivity contribution in [3.05, 3.63) is 54.1 Å². The lowest BCUT2D eigenvalue weighted by Crippen LogP contribution is -2.31. The molecule has 8 heteroatoms. The highest BCUT2D eigenvalue weighted by molar-refractivity contribution is 8.01. The minimum absolute atomic E-state index is 0.0845. The fourth-order valence-corrected chi connectivity index (χ4v) is 4.95. The van der Waals surface area contributed by atoms with Crippen molar-refractivity contribution < 1.29 is 14.4 Å². The SMILES string of the molecule is Cc1cccc2sc(NC(=O)CS[C@@H]3CC(=O)N(c4ccccc4)C3=O)nc12. The van der Waals surface area contributed by atoms with Gasteiger partial charge in [0, 0.05) is 6.42 Å². The Bertz CT molecular complexity index is 1070. The molecule has 1 aliphatic rings. The molecule has 4 rings (SSSR count). The molecular formula is C20H17N3O3S2. The molecule has 1 saturated heterocycles. The fraction of sp³-hybridized carbons (Fsp3) is 0.200. The summed E-state index contributed by atoms with van der Waals surface area (Å²) in [5.41, 5.74) is 2.50. The highest BCUT2D eigenvalue weighted by Crippen LogP contribution is 2.30. The summed E-state index contributed by atoms with van der Waals surface area (Å²) in [6.07, 6.45) is 0.103. The first-order chi connectivity index (χ1) is 13.5. The number of aryl methyl sites for hydroxylation is 1. The summed E-state index contributed by atoms with van der Waals surface area (Å²) in [5.74, 6) is -0.665. The van der Waals surface area contributed by atoms with Gasteiger partial charge in [-0.05, 0) is 30.7 Å². The van der Waals surface area contributed by atoms with E-state index in [0.717, 1.165) is 15.8 Å². The topological polar surface area (TPSA) is 79.4 Å². The lowest BCUT2D eigenvalue weighted by Gasteiger charge is -2.14. The van der Waals surface area contributed by atoms with Gasteiger partial charge in [-0.25, -0.2) is 9.88 Å². The second kappa shape index (κ2) is 7.73. The molecule has 1 aliphatic heterocycles. The van der Waals surface area contributed by atoms with Crippen molar-refractivity contribution in [1.29, 1.82) is 0 Å². The van der Waals surface area contributed by atoms with E-state index in [4.69, 9.17) is 0 Å². The molecule has 1 atom stereocenters. The van der Waals surface area contributed by atoms with Gasteiger partial charge in [0.25, 0.3) is 0 Å². The van der Waals surface area contributed by atoms with E-state index in [1.165, 1.54) is 28.0 Å². The number of amides is 3. The van der Waals surface area contributed by atoms with Gasteiger partial charge in [0.1, 0.15) is 0 Å². The van der Waals surface area contributed by atoms with Crippen LogP contribution in [0.5, 0.6) is 0 Å². The molecule has 3 amide bonds. The first kappa shape index (κ1) is 18.6. The third-order valence-corrected chi connectivity index (χ3v) is 6.54. The summed E-state index contributed by atoms with van der Waals surface area (Å²) in [7, 11) is 0. The van der Waals surface area contributed by atoms with Crippen LogP contribution < -0.4 is 10.2 Å². The average molecular weight is 412 g/mol. The van der Waals surface area contributed by atoms with Crippen molar-refractivity contribution in [1.82, 2.24) is 4.98 Å². The first-order valence-corrected chi connectivity index (χ1v) is 10.6. The standard InChI is InChI=1S/C20H17N3O3S2/c1-12-6-5-9-14-18(12)22-20(28-14)21-16(24)11-27-15-10-17(25)23(19(15)26)13-7-3-2-4-8-13/h2-9,15H,10-11H2,1H3,(H,21,22,24)/t15-/m1/s1. The zero-order valence-electron chi connectivity index (χ0n) is 15.0. The highest BCUT2D eigenvalue weighted by Gasteiger charge is 2.39. The van der Waals surface area contributed by atoms with Gasteiger partial charge in [0.05, 0.1) is 26.9 Å². The Morgan fingerprint density at radius 2 is 2.00 bits per heavy atom. The maximum atomic E-state index is 12.6. The number of fused-ring (bicyclic) bond motifs is 1. The number of imide groups is 1. The maximum Gasteiger partial charge on any atom is 0.247 e. The van der Waals surface area contributed by atoms with Crippen molar-refractivity contribution in [3.63, 3.8) is 0 Å². The van der Waals surface area contributed by atoms with Crippen molar-refractivity contribution >= 4 is 61.9 Å². The molecule has 2 aromatic carbocycles. The first-order valence-electron chi connectivity index (χ1n) is 8.72. The normalized spacial score (nSPS) is 16.8. The molecule has 2 heterocycles. The van der Waals surface area contributed by atoms with E-state index in [2.05, 4.69) is 10.3 Å². The van der Waals surface area contributed by atoms with E-state index in [0.29, 0.717) is 10.8 Å². The van der Waals surface area contributed by atoms with Gasteiger partial charge in [-0.1, -0.05) is 41.7 Å². The zero-order valence-corrected chi connectivity index (χ0v) is 16.7. The van der Waals surface area contributed by atoms with Crippen LogP contribution >= 0.6 is 23.1 Å². The minimum Gasteiger partial charge on any atom is -0.301 e. The van der Waals surface area contributed by atoms with Crippen LogP contribution in [0.3, 0.4) is 0 Å². The molecule has 0 bridgehead atoms. The number of hydrogen-bond acceptors (Lipinski definition) is 6. The molecule has 0 saturated carbocycles. The van der Waals surface area contributed by atoms with Crippen LogP contribution in [0.15, 0.2) is 48.5 Å². The number of anilines is 2. The van der Waals surface area contributed by atoms with Gasteiger partial charge in [0.2, 0.25) is 17.7 Å². The van der Waals surface area contributed by atoms with Crippen LogP contribution in [-0.4, -0.2) is 33.7 Å². The quantitative estimate of drug-likeness (QED) is 0.649. The number of nitrogens with one attached hydrogen (secondary N) is 1. The largest absolute Gasteiger partial charge is 0.301 e. The molecule has 0 aliphatic carbocycles. The zero-order chi connectivity index (χ0) is 19.7. The predicted octanol–water partition coefficient (Wildman–Crippen LogP) is 3.61. The molecule has 142 valence electrons. The van der Waals surface area contributed by atoms with Gasteiger partial charge in [-0.15, -0.1) is 11.8 Å². The number of thiazole rings is 1. The number of aromatic nitrogens is 1. The van der Waals surface area contributed by atoms with E-state index in [1.807, 2.05) is 31.2 Å². The summed E-state index contributed by atoms with van der Waals surface area (Å²) in [4.78, 5) is 42.8. The van der Waals surface area contributed by atoms with Crippen LogP contribution in [0.4, 0.5) is 10.8 Å². The van der Waals surface area contributed by atoms with Gasteiger partial charge in [-0.2, -0.15) is 0 Å². The number of carbonyl (C=O) groups is 3. The third-order valence-electron chi connectivity index (χ3n) is 4.40. The molecule has 0 spiro atoms. The Hall–Kier alpha value is -2.71. The molecular weight excluding hydrogens is 394 g/mol. The van der Waals surface area contributed by atoms with Gasteiger partial charge in [0.15, 0.2) is 5.13 Å². The summed E-state index contributed by atoms with van der Waals surface area (Å²) in [5, 5.41) is 2.78. The van der Waals surface area contributed by atoms with Crippen LogP contribution in [0.1, 0.15) is 12.0 Å². The van der Waals surface area contributed by atoms with E-state index in [1.54, 1.807) is 24.3 Å². The van der Waals surface area contributed by atoms with Crippen LogP contribution in [0.2, 0.25) is 0 Å². The van der Waals surface area contributed by atoms with Crippen molar-refractivity contribution in [3.8, 4) is 0 Å². The number of thioether (sulfide) groups is 1. The van der Waals surface area contributed by atoms with Gasteiger partial charge >= 0.3 is 0 Å². The second-order valence-electron chi connectivity index (χ2n) is 6.40. The summed E-state index contributed by atoms with van der Waals surface area (Å²) in [6, 6.07) is 14.7. The molecule has 1 aromatic heterocycles. The number of rotatable bonds is 5. The Labute approximate surface area is 169 Å². The lowest BCUT2D eigenvalue weighted by molar-refractivity contribution is -0.121. The van der Waals surface area contributed by atoms with E-state index in [9.17, 15) is 14.4 Å². The van der Waals surface area contributed by atoms with Crippen LogP contribution in [0.25, 0.3) is 10.2 Å². The number of para-hydroxylation sites is 2. The number of hydrogen-bond donors (Lipinski definition) is 1. The second-order valence-corrected chi connectivity index (χ2v) is 8.62. The number of benzene rings is 2. The average Bonchev–Trinajstić information content (AvgIpc) is 3.21. The molecule has 1 fully saturated rings. The van der Waals surface area contributed by atoms with Crippen molar-refractivity contribution in [2.75, 3.05) is 16.0 Å². The molecule has 6 nitrogen and oxygen atoms in total. The Morgan fingerprint density at radius 3 is 2.75 bits per heavy atom. The summed E-state index contributed by atoms with van der Waals surface area (Å²) < 4.78 is 1.01. The minimum atomic E-state index is -0.545. The number of carbonyl (C=O) groups excluding carboxylic acids is 3. The molecule has 0 radical (unpaired) electrons. The van der Waals surface area contributed by atoms with Gasteiger partial charge < -0.3 is 5.32 Å². The molecule has 0 unspecified atom stereocenters. The van der Waals surface area contributed by atoms with Crippen LogP contribution in [-0.2, 0) is 14.4 Å². The Kier molecular flexibility index (Phi) is 5.15. The predicted molar refractivity (Wildman–Crippen MR) is 113 cm³/mol. The number of nitrogens with zero attached hydrogens (tertiary/aromatic N) is 2. The van der Waals surface area contributed by atoms with E-state index < -0.39 is 5.25 Å². The molecule has 3 aromatic rings. The fourth-order valence-electron chi connectivity index (χ4n) is 3.05. The Morgan fingerprint density at radius 1 is 1.21 bits per heavy atom. The highest BCUT2D eigenvalue weighted by atomic mass is 32.2. The molecule has 28 heavy (non-hydrogen) atoms. The van der Waals surface area contributed by atoms with Crippen molar-refractivity contribution in [2.24, 2.45) is 0 Å². The van der Waals surface area contributed by atoms with E-state index >= 15 is 0 Å². The Balaban J connectivity index is 1.37. The summed E-state index contributed by atoms with van der Waals surface area (Å²) >= 11 is 2.60. The smallest absolute Gasteiger partial charge is 0.247 e. The third kappa shape index (κ3) is 3.65. The monoisotopic (exact) mass is 411 g/mol. The van der Waals surface area contributed by atoms with Gasteiger partial charge in [-0.3, -0.25) is 14.4 Å². The lowest BCUT2D eigenvalue weighted by atomic mass is 10.2. The maximum absolute atomic E-state index is 12.6.